The first-order valence-electron chi connectivity index (χ1n) is 6.68. The third kappa shape index (κ3) is 3.55. The lowest BCUT2D eigenvalue weighted by Crippen LogP contribution is -2.53. The number of benzene rings is 1. The van der Waals surface area contributed by atoms with Gasteiger partial charge in [0, 0.05) is 31.7 Å². The molecule has 0 bridgehead atoms. The van der Waals surface area contributed by atoms with E-state index >= 15 is 0 Å². The van der Waals surface area contributed by atoms with Gasteiger partial charge in [-0.05, 0) is 32.3 Å². The molecule has 1 heterocycles. The molecule has 0 spiro atoms. The van der Waals surface area contributed by atoms with Crippen LogP contribution < -0.4 is 5.32 Å². The second kappa shape index (κ2) is 5.65. The van der Waals surface area contributed by atoms with Gasteiger partial charge >= 0.3 is 0 Å². The van der Waals surface area contributed by atoms with Crippen molar-refractivity contribution in [3.8, 4) is 0 Å². The maximum absolute atomic E-state index is 3.42. The van der Waals surface area contributed by atoms with E-state index in [9.17, 15) is 0 Å². The van der Waals surface area contributed by atoms with Crippen LogP contribution in [0.1, 0.15) is 25.8 Å². The molecule has 1 aliphatic heterocycles. The van der Waals surface area contributed by atoms with Crippen molar-refractivity contribution in [2.24, 2.45) is 0 Å². The molecule has 17 heavy (non-hydrogen) atoms. The number of nitrogens with zero attached hydrogens (tertiary/aromatic N) is 1. The highest BCUT2D eigenvalue weighted by molar-refractivity contribution is 5.15. The summed E-state index contributed by atoms with van der Waals surface area (Å²) in [5, 5.41) is 3.42. The molecule has 1 fully saturated rings. The molecule has 94 valence electrons. The highest BCUT2D eigenvalue weighted by atomic mass is 15.2. The summed E-state index contributed by atoms with van der Waals surface area (Å²) in [6.07, 6.45) is 2.41. The summed E-state index contributed by atoms with van der Waals surface area (Å²) in [4.78, 5) is 2.62. The fourth-order valence-electron chi connectivity index (χ4n) is 2.52. The van der Waals surface area contributed by atoms with Crippen LogP contribution in [-0.4, -0.2) is 36.6 Å². The average Bonchev–Trinajstić information content (AvgIpc) is 2.39. The minimum absolute atomic E-state index is 0.317. The first-order valence-corrected chi connectivity index (χ1v) is 6.68. The Labute approximate surface area is 105 Å². The van der Waals surface area contributed by atoms with Gasteiger partial charge in [-0.15, -0.1) is 0 Å². The van der Waals surface area contributed by atoms with Crippen LogP contribution in [0.3, 0.4) is 0 Å². The van der Waals surface area contributed by atoms with Crippen molar-refractivity contribution in [2.45, 2.75) is 32.2 Å². The molecule has 2 nitrogen and oxygen atoms in total. The van der Waals surface area contributed by atoms with Crippen molar-refractivity contribution < 1.29 is 0 Å². The number of piperazine rings is 1. The summed E-state index contributed by atoms with van der Waals surface area (Å²) in [6.45, 7) is 9.38. The van der Waals surface area contributed by atoms with E-state index < -0.39 is 0 Å². The molecule has 0 atom stereocenters. The number of rotatable bonds is 4. The highest BCUT2D eigenvalue weighted by Gasteiger charge is 2.27. The van der Waals surface area contributed by atoms with Crippen LogP contribution in [0.25, 0.3) is 0 Å². The van der Waals surface area contributed by atoms with Crippen molar-refractivity contribution in [3.05, 3.63) is 35.9 Å². The van der Waals surface area contributed by atoms with Gasteiger partial charge in [0.2, 0.25) is 0 Å². The largest absolute Gasteiger partial charge is 0.314 e. The standard InChI is InChI=1S/C15H24N2/c1-15(2,17-12-10-16-11-13-17)9-8-14-6-4-3-5-7-14/h3-7,16H,8-13H2,1-2H3. The Morgan fingerprint density at radius 2 is 1.76 bits per heavy atom. The summed E-state index contributed by atoms with van der Waals surface area (Å²) >= 11 is 0. The average molecular weight is 232 g/mol. The molecule has 0 unspecified atom stereocenters. The zero-order valence-corrected chi connectivity index (χ0v) is 11.1. The lowest BCUT2D eigenvalue weighted by atomic mass is 9.93. The summed E-state index contributed by atoms with van der Waals surface area (Å²) in [5.41, 5.74) is 1.77. The summed E-state index contributed by atoms with van der Waals surface area (Å²) in [5.74, 6) is 0. The van der Waals surface area contributed by atoms with Gasteiger partial charge in [0.25, 0.3) is 0 Å². The number of aryl methyl sites for hydroxylation is 1. The van der Waals surface area contributed by atoms with Gasteiger partial charge in [-0.1, -0.05) is 30.3 Å². The predicted molar refractivity (Wildman–Crippen MR) is 73.3 cm³/mol. The molecule has 1 aliphatic rings. The van der Waals surface area contributed by atoms with Gasteiger partial charge in [0.15, 0.2) is 0 Å². The maximum Gasteiger partial charge on any atom is 0.0157 e. The van der Waals surface area contributed by atoms with Crippen molar-refractivity contribution in [3.63, 3.8) is 0 Å². The molecule has 0 saturated carbocycles. The van der Waals surface area contributed by atoms with E-state index in [1.165, 1.54) is 31.5 Å². The third-order valence-electron chi connectivity index (χ3n) is 3.84. The first-order chi connectivity index (χ1) is 8.18. The number of hydrogen-bond acceptors (Lipinski definition) is 2. The second-order valence-corrected chi connectivity index (χ2v) is 5.54. The van der Waals surface area contributed by atoms with Crippen LogP contribution in [0.15, 0.2) is 30.3 Å². The SMILES string of the molecule is CC(C)(CCc1ccccc1)N1CCNCC1. The van der Waals surface area contributed by atoms with Crippen molar-refractivity contribution >= 4 is 0 Å². The van der Waals surface area contributed by atoms with E-state index in [1.54, 1.807) is 0 Å². The van der Waals surface area contributed by atoms with Crippen LogP contribution in [0.5, 0.6) is 0 Å². The first kappa shape index (κ1) is 12.6. The van der Waals surface area contributed by atoms with Crippen molar-refractivity contribution in [1.82, 2.24) is 10.2 Å². The Morgan fingerprint density at radius 3 is 2.41 bits per heavy atom. The number of hydrogen-bond donors (Lipinski definition) is 1. The van der Waals surface area contributed by atoms with Crippen molar-refractivity contribution in [1.29, 1.82) is 0 Å². The lowest BCUT2D eigenvalue weighted by molar-refractivity contribution is 0.0959. The summed E-state index contributed by atoms with van der Waals surface area (Å²) in [6, 6.07) is 10.8. The Morgan fingerprint density at radius 1 is 1.12 bits per heavy atom. The van der Waals surface area contributed by atoms with E-state index in [-0.39, 0.29) is 0 Å². The lowest BCUT2D eigenvalue weighted by Gasteiger charge is -2.41. The minimum atomic E-state index is 0.317. The molecule has 1 aromatic rings. The van der Waals surface area contributed by atoms with Gasteiger partial charge in [-0.25, -0.2) is 0 Å². The highest BCUT2D eigenvalue weighted by Crippen LogP contribution is 2.21. The quantitative estimate of drug-likeness (QED) is 0.857. The monoisotopic (exact) mass is 232 g/mol. The molecular formula is C15H24N2. The number of nitrogens with one attached hydrogen (secondary N) is 1. The Bertz CT molecular complexity index is 326. The zero-order valence-electron chi connectivity index (χ0n) is 11.1. The minimum Gasteiger partial charge on any atom is -0.314 e. The van der Waals surface area contributed by atoms with Gasteiger partial charge in [0.05, 0.1) is 0 Å². The van der Waals surface area contributed by atoms with E-state index in [0.29, 0.717) is 5.54 Å². The summed E-state index contributed by atoms with van der Waals surface area (Å²) in [7, 11) is 0. The molecule has 1 N–H and O–H groups in total. The molecular weight excluding hydrogens is 208 g/mol. The summed E-state index contributed by atoms with van der Waals surface area (Å²) < 4.78 is 0. The van der Waals surface area contributed by atoms with Crippen molar-refractivity contribution in [2.75, 3.05) is 26.2 Å². The van der Waals surface area contributed by atoms with Gasteiger partial charge < -0.3 is 5.32 Å². The fourth-order valence-corrected chi connectivity index (χ4v) is 2.52. The van der Waals surface area contributed by atoms with E-state index in [0.717, 1.165) is 13.1 Å². The Kier molecular flexibility index (Phi) is 4.19. The smallest absolute Gasteiger partial charge is 0.0157 e. The molecule has 1 saturated heterocycles. The zero-order chi connectivity index (χ0) is 12.1. The van der Waals surface area contributed by atoms with Gasteiger partial charge in [-0.3, -0.25) is 4.90 Å². The Balaban J connectivity index is 1.88. The molecule has 0 aliphatic carbocycles. The van der Waals surface area contributed by atoms with Crippen LogP contribution >= 0.6 is 0 Å². The molecule has 0 aromatic heterocycles. The van der Waals surface area contributed by atoms with E-state index in [1.807, 2.05) is 0 Å². The van der Waals surface area contributed by atoms with E-state index in [2.05, 4.69) is 54.4 Å². The predicted octanol–water partition coefficient (Wildman–Crippen LogP) is 2.30. The second-order valence-electron chi connectivity index (χ2n) is 5.54. The third-order valence-corrected chi connectivity index (χ3v) is 3.84. The normalized spacial score (nSPS) is 18.2. The molecule has 1 aromatic carbocycles. The van der Waals surface area contributed by atoms with Crippen LogP contribution in [0.2, 0.25) is 0 Å². The fraction of sp³-hybridized carbons (Fsp3) is 0.600. The topological polar surface area (TPSA) is 15.3 Å². The van der Waals surface area contributed by atoms with Gasteiger partial charge in [-0.2, -0.15) is 0 Å². The van der Waals surface area contributed by atoms with E-state index in [4.69, 9.17) is 0 Å². The molecule has 0 amide bonds. The Hall–Kier alpha value is -0.860. The van der Waals surface area contributed by atoms with Crippen LogP contribution in [0, 0.1) is 0 Å². The molecule has 0 radical (unpaired) electrons. The van der Waals surface area contributed by atoms with Crippen LogP contribution in [0.4, 0.5) is 0 Å². The molecule has 2 rings (SSSR count). The maximum atomic E-state index is 3.42. The molecule has 2 heteroatoms. The van der Waals surface area contributed by atoms with Crippen LogP contribution in [-0.2, 0) is 6.42 Å². The van der Waals surface area contributed by atoms with Gasteiger partial charge in [0.1, 0.15) is 0 Å².